The molecule has 0 aliphatic heterocycles. The second kappa shape index (κ2) is 11.0. The van der Waals surface area contributed by atoms with Crippen LogP contribution in [0.15, 0.2) is 24.3 Å². The Morgan fingerprint density at radius 1 is 1.11 bits per heavy atom. The average molecular weight is 406 g/mol. The zero-order valence-electron chi connectivity index (χ0n) is 16.9. The second-order valence-corrected chi connectivity index (χ2v) is 7.81. The molecule has 0 radical (unpaired) electrons. The molecule has 1 aliphatic carbocycles. The first kappa shape index (κ1) is 22.1. The minimum absolute atomic E-state index is 0.0797. The third-order valence-electron chi connectivity index (χ3n) is 5.41. The number of benzene rings is 1. The van der Waals surface area contributed by atoms with Gasteiger partial charge in [0.05, 0.1) is 6.61 Å². The van der Waals surface area contributed by atoms with E-state index in [0.29, 0.717) is 35.2 Å². The fourth-order valence-electron chi connectivity index (χ4n) is 3.45. The van der Waals surface area contributed by atoms with Gasteiger partial charge in [-0.3, -0.25) is 20.4 Å². The smallest absolute Gasteiger partial charge is 0.238 e. The van der Waals surface area contributed by atoms with Crippen LogP contribution in [0, 0.1) is 11.8 Å². The third kappa shape index (κ3) is 6.78. The lowest BCUT2D eigenvalue weighted by atomic mass is 9.78. The van der Waals surface area contributed by atoms with Crippen LogP contribution in [0.4, 0.5) is 0 Å². The first-order valence-electron chi connectivity index (χ1n) is 10.0. The Kier molecular flexibility index (Phi) is 8.70. The largest absolute Gasteiger partial charge is 0.494 e. The van der Waals surface area contributed by atoms with Crippen LogP contribution in [-0.2, 0) is 4.79 Å². The highest BCUT2D eigenvalue weighted by molar-refractivity contribution is 7.80. The normalized spacial score (nSPS) is 21.5. The van der Waals surface area contributed by atoms with Crippen LogP contribution < -0.4 is 20.9 Å². The molecule has 0 spiro atoms. The van der Waals surface area contributed by atoms with Gasteiger partial charge >= 0.3 is 0 Å². The summed E-state index contributed by atoms with van der Waals surface area (Å²) in [6.45, 7) is 6.98. The van der Waals surface area contributed by atoms with Crippen molar-refractivity contribution in [3.05, 3.63) is 29.8 Å². The third-order valence-corrected chi connectivity index (χ3v) is 5.63. The van der Waals surface area contributed by atoms with E-state index in [9.17, 15) is 9.59 Å². The topological polar surface area (TPSA) is 79.5 Å². The van der Waals surface area contributed by atoms with Gasteiger partial charge < -0.3 is 10.1 Å². The van der Waals surface area contributed by atoms with E-state index in [-0.39, 0.29) is 24.5 Å². The molecular weight excluding hydrogens is 374 g/mol. The fourth-order valence-corrected chi connectivity index (χ4v) is 3.66. The Balaban J connectivity index is 1.69. The molecule has 0 bridgehead atoms. The van der Waals surface area contributed by atoms with Gasteiger partial charge in [-0.25, -0.2) is 0 Å². The van der Waals surface area contributed by atoms with Crippen molar-refractivity contribution in [2.45, 2.75) is 58.9 Å². The summed E-state index contributed by atoms with van der Waals surface area (Å²) in [7, 11) is 0. The number of hydrogen-bond acceptors (Lipinski definition) is 4. The summed E-state index contributed by atoms with van der Waals surface area (Å²) in [6.07, 6.45) is 3.75. The molecule has 0 saturated heterocycles. The maximum Gasteiger partial charge on any atom is 0.238 e. The first-order chi connectivity index (χ1) is 13.4. The molecular formula is C21H31N3O3S. The molecule has 3 N–H and O–H groups in total. The molecule has 7 heteroatoms. The van der Waals surface area contributed by atoms with Crippen molar-refractivity contribution < 1.29 is 14.3 Å². The van der Waals surface area contributed by atoms with Gasteiger partial charge in [0.2, 0.25) is 5.91 Å². The van der Waals surface area contributed by atoms with E-state index >= 15 is 0 Å². The van der Waals surface area contributed by atoms with Crippen molar-refractivity contribution in [1.82, 2.24) is 16.2 Å². The van der Waals surface area contributed by atoms with E-state index in [1.54, 1.807) is 24.3 Å². The molecule has 1 saturated carbocycles. The van der Waals surface area contributed by atoms with Gasteiger partial charge in [-0.05, 0) is 61.7 Å². The van der Waals surface area contributed by atoms with E-state index in [2.05, 4.69) is 30.0 Å². The standard InChI is InChI=1S/C21H31N3O3S/c1-4-27-17-10-8-16(9-11-17)19(25)12-13-20(26)23-24-21(28)22-18-7-5-6-14(2)15(18)3/h8-11,14-15,18H,4-7,12-13H2,1-3H3,(H,23,26)(H2,22,24,28)/t14-,15-,18+/m0/s1. The highest BCUT2D eigenvalue weighted by atomic mass is 32.1. The van der Waals surface area contributed by atoms with E-state index < -0.39 is 0 Å². The number of hydrogen-bond donors (Lipinski definition) is 3. The summed E-state index contributed by atoms with van der Waals surface area (Å²) in [5.41, 5.74) is 5.88. The maximum absolute atomic E-state index is 12.2. The van der Waals surface area contributed by atoms with E-state index in [1.165, 1.54) is 12.8 Å². The highest BCUT2D eigenvalue weighted by Gasteiger charge is 2.27. The van der Waals surface area contributed by atoms with Gasteiger partial charge in [0.15, 0.2) is 10.9 Å². The number of Topliss-reactive ketones (excluding diaryl/α,β-unsaturated/α-hetero) is 1. The maximum atomic E-state index is 12.2. The Morgan fingerprint density at radius 3 is 2.50 bits per heavy atom. The Labute approximate surface area is 172 Å². The van der Waals surface area contributed by atoms with Crippen LogP contribution in [0.3, 0.4) is 0 Å². The highest BCUT2D eigenvalue weighted by Crippen LogP contribution is 2.29. The molecule has 154 valence electrons. The van der Waals surface area contributed by atoms with E-state index in [4.69, 9.17) is 17.0 Å². The number of carbonyl (C=O) groups is 2. The number of hydrazine groups is 1. The molecule has 28 heavy (non-hydrogen) atoms. The molecule has 1 aromatic rings. The van der Waals surface area contributed by atoms with Gasteiger partial charge in [-0.15, -0.1) is 0 Å². The summed E-state index contributed by atoms with van der Waals surface area (Å²) in [4.78, 5) is 24.2. The molecule has 1 amide bonds. The van der Waals surface area contributed by atoms with Crippen molar-refractivity contribution >= 4 is 29.0 Å². The van der Waals surface area contributed by atoms with Crippen LogP contribution >= 0.6 is 12.2 Å². The van der Waals surface area contributed by atoms with Gasteiger partial charge in [0, 0.05) is 24.4 Å². The minimum Gasteiger partial charge on any atom is -0.494 e. The van der Waals surface area contributed by atoms with Gasteiger partial charge in [0.25, 0.3) is 0 Å². The predicted octanol–water partition coefficient (Wildman–Crippen LogP) is 3.37. The average Bonchev–Trinajstić information content (AvgIpc) is 2.69. The number of rotatable bonds is 7. The molecule has 0 unspecified atom stereocenters. The van der Waals surface area contributed by atoms with E-state index in [1.807, 2.05) is 6.92 Å². The van der Waals surface area contributed by atoms with Crippen molar-refractivity contribution in [2.24, 2.45) is 11.8 Å². The molecule has 6 nitrogen and oxygen atoms in total. The number of amides is 1. The molecule has 1 aromatic carbocycles. The molecule has 0 aromatic heterocycles. The number of carbonyl (C=O) groups excluding carboxylic acids is 2. The quantitative estimate of drug-likeness (QED) is 0.367. The monoisotopic (exact) mass is 405 g/mol. The van der Waals surface area contributed by atoms with Crippen LogP contribution in [0.2, 0.25) is 0 Å². The number of ether oxygens (including phenoxy) is 1. The predicted molar refractivity (Wildman–Crippen MR) is 114 cm³/mol. The molecule has 1 aliphatic rings. The number of nitrogens with one attached hydrogen (secondary N) is 3. The summed E-state index contributed by atoms with van der Waals surface area (Å²) in [5.74, 6) is 1.58. The number of thiocarbonyl (C=S) groups is 1. The summed E-state index contributed by atoms with van der Waals surface area (Å²) in [6, 6.07) is 7.27. The van der Waals surface area contributed by atoms with Crippen molar-refractivity contribution in [3.8, 4) is 5.75 Å². The zero-order chi connectivity index (χ0) is 20.5. The Morgan fingerprint density at radius 2 is 1.82 bits per heavy atom. The second-order valence-electron chi connectivity index (χ2n) is 7.40. The van der Waals surface area contributed by atoms with Crippen LogP contribution in [0.1, 0.15) is 63.2 Å². The summed E-state index contributed by atoms with van der Waals surface area (Å²) < 4.78 is 5.36. The molecule has 3 atom stereocenters. The van der Waals surface area contributed by atoms with Crippen LogP contribution in [0.5, 0.6) is 5.75 Å². The minimum atomic E-state index is -0.270. The zero-order valence-corrected chi connectivity index (χ0v) is 17.7. The lowest BCUT2D eigenvalue weighted by Crippen LogP contribution is -2.52. The SMILES string of the molecule is CCOc1ccc(C(=O)CCC(=O)NNC(=S)N[C@@H]2CCC[C@H](C)[C@@H]2C)cc1. The molecule has 2 rings (SSSR count). The van der Waals surface area contributed by atoms with Crippen LogP contribution in [-0.4, -0.2) is 29.5 Å². The van der Waals surface area contributed by atoms with Gasteiger partial charge in [0.1, 0.15) is 5.75 Å². The molecule has 0 heterocycles. The summed E-state index contributed by atoms with van der Waals surface area (Å²) >= 11 is 5.28. The van der Waals surface area contributed by atoms with Gasteiger partial charge in [-0.1, -0.05) is 26.7 Å². The first-order valence-corrected chi connectivity index (χ1v) is 10.4. The van der Waals surface area contributed by atoms with Crippen LogP contribution in [0.25, 0.3) is 0 Å². The Bertz CT molecular complexity index is 678. The molecule has 1 fully saturated rings. The number of ketones is 1. The van der Waals surface area contributed by atoms with E-state index in [0.717, 1.165) is 12.2 Å². The van der Waals surface area contributed by atoms with Gasteiger partial charge in [-0.2, -0.15) is 0 Å². The van der Waals surface area contributed by atoms with Crippen molar-refractivity contribution in [1.29, 1.82) is 0 Å². The summed E-state index contributed by atoms with van der Waals surface area (Å²) in [5, 5.41) is 3.70. The Hall–Kier alpha value is -2.15. The lowest BCUT2D eigenvalue weighted by molar-refractivity contribution is -0.121. The lowest BCUT2D eigenvalue weighted by Gasteiger charge is -2.35. The van der Waals surface area contributed by atoms with Crippen molar-refractivity contribution in [3.63, 3.8) is 0 Å². The van der Waals surface area contributed by atoms with Crippen molar-refractivity contribution in [2.75, 3.05) is 6.61 Å². The fraction of sp³-hybridized carbons (Fsp3) is 0.571.